The Morgan fingerprint density at radius 3 is 2.52 bits per heavy atom. The number of rotatable bonds is 2. The average molecular weight is 535 g/mol. The van der Waals surface area contributed by atoms with Crippen LogP contribution in [0, 0.1) is 0 Å². The van der Waals surface area contributed by atoms with Crippen LogP contribution in [0.3, 0.4) is 0 Å². The summed E-state index contributed by atoms with van der Waals surface area (Å²) in [5.41, 5.74) is 3.69. The van der Waals surface area contributed by atoms with Crippen LogP contribution in [0.1, 0.15) is 35.4 Å². The number of halogens is 3. The minimum Gasteiger partial charge on any atom is -0.507 e. The van der Waals surface area contributed by atoms with E-state index in [4.69, 9.17) is 21.4 Å². The van der Waals surface area contributed by atoms with Crippen LogP contribution in [0.25, 0.3) is 0 Å². The van der Waals surface area contributed by atoms with Gasteiger partial charge >= 0.3 is 0 Å². The highest BCUT2D eigenvalue weighted by Gasteiger charge is 2.42. The van der Waals surface area contributed by atoms with Crippen molar-refractivity contribution in [3.63, 3.8) is 0 Å². The van der Waals surface area contributed by atoms with Gasteiger partial charge in [-0.25, -0.2) is 5.01 Å². The van der Waals surface area contributed by atoms with Crippen molar-refractivity contribution in [3.8, 4) is 11.5 Å². The van der Waals surface area contributed by atoms with Gasteiger partial charge < -0.3 is 9.84 Å². The zero-order valence-electron chi connectivity index (χ0n) is 15.0. The van der Waals surface area contributed by atoms with Crippen molar-refractivity contribution in [3.05, 3.63) is 91.3 Å². The molecule has 0 amide bonds. The van der Waals surface area contributed by atoms with Crippen molar-refractivity contribution >= 4 is 49.2 Å². The molecule has 2 aliphatic heterocycles. The molecular weight excluding hydrogens is 520 g/mol. The van der Waals surface area contributed by atoms with Crippen molar-refractivity contribution in [1.29, 1.82) is 0 Å². The molecule has 5 rings (SSSR count). The third kappa shape index (κ3) is 3.43. The van der Waals surface area contributed by atoms with Gasteiger partial charge in [0.25, 0.3) is 0 Å². The van der Waals surface area contributed by atoms with Gasteiger partial charge in [-0.05, 0) is 54.1 Å². The number of hydrogen-bond acceptors (Lipinski definition) is 4. The molecule has 0 fully saturated rings. The van der Waals surface area contributed by atoms with Gasteiger partial charge in [-0.3, -0.25) is 0 Å². The Kier molecular flexibility index (Phi) is 4.81. The van der Waals surface area contributed by atoms with Gasteiger partial charge in [-0.15, -0.1) is 0 Å². The first kappa shape index (κ1) is 19.0. The minimum atomic E-state index is -0.542. The maximum absolute atomic E-state index is 10.5. The Morgan fingerprint density at radius 2 is 1.72 bits per heavy atom. The molecule has 2 heterocycles. The molecule has 3 aromatic rings. The van der Waals surface area contributed by atoms with Gasteiger partial charge in [0.05, 0.1) is 17.3 Å². The molecule has 3 aromatic carbocycles. The van der Waals surface area contributed by atoms with Gasteiger partial charge in [0.2, 0.25) is 6.23 Å². The third-order valence-corrected chi connectivity index (χ3v) is 6.44. The Morgan fingerprint density at radius 1 is 0.966 bits per heavy atom. The third-order valence-electron chi connectivity index (χ3n) is 5.18. The Labute approximate surface area is 190 Å². The van der Waals surface area contributed by atoms with Gasteiger partial charge in [0.15, 0.2) is 0 Å². The summed E-state index contributed by atoms with van der Waals surface area (Å²) in [7, 11) is 0. The summed E-state index contributed by atoms with van der Waals surface area (Å²) in [4.78, 5) is 0. The first-order chi connectivity index (χ1) is 14.0. The van der Waals surface area contributed by atoms with Crippen molar-refractivity contribution < 1.29 is 9.84 Å². The number of ether oxygens (including phenoxy) is 1. The Hall–Kier alpha value is -2.02. The van der Waals surface area contributed by atoms with E-state index in [0.29, 0.717) is 10.6 Å². The van der Waals surface area contributed by atoms with E-state index < -0.39 is 6.23 Å². The van der Waals surface area contributed by atoms with Gasteiger partial charge in [-0.1, -0.05) is 55.6 Å². The zero-order valence-corrected chi connectivity index (χ0v) is 18.9. The number of hydrazone groups is 1. The molecule has 2 atom stereocenters. The van der Waals surface area contributed by atoms with Gasteiger partial charge in [-0.2, -0.15) is 5.10 Å². The number of phenols is 1. The zero-order chi connectivity index (χ0) is 20.1. The number of hydrogen-bond donors (Lipinski definition) is 1. The largest absolute Gasteiger partial charge is 0.507 e. The highest BCUT2D eigenvalue weighted by Crippen LogP contribution is 2.49. The summed E-state index contributed by atoms with van der Waals surface area (Å²) in [5.74, 6) is 0.925. The Bertz CT molecular complexity index is 1130. The number of phenolic OH excluding ortho intramolecular Hbond substituents is 1. The van der Waals surface area contributed by atoms with E-state index in [0.717, 1.165) is 38.0 Å². The molecule has 0 saturated carbocycles. The van der Waals surface area contributed by atoms with E-state index in [2.05, 4.69) is 31.9 Å². The SMILES string of the molecule is Oc1ccc(Br)cc1[C@@H]1Oc2ccc(Cl)cc2[C@H]2CC(c3ccc(Br)cc3)=NN21. The molecular formula is C22H15Br2ClN2O2. The molecule has 7 heteroatoms. The van der Waals surface area contributed by atoms with E-state index >= 15 is 0 Å². The van der Waals surface area contributed by atoms with E-state index in [1.165, 1.54) is 0 Å². The second-order valence-electron chi connectivity index (χ2n) is 7.01. The van der Waals surface area contributed by atoms with E-state index in [1.807, 2.05) is 53.5 Å². The van der Waals surface area contributed by atoms with Crippen molar-refractivity contribution in [2.45, 2.75) is 18.7 Å². The van der Waals surface area contributed by atoms with Crippen LogP contribution in [-0.4, -0.2) is 15.8 Å². The molecule has 0 aromatic heterocycles. The van der Waals surface area contributed by atoms with Crippen molar-refractivity contribution in [2.24, 2.45) is 5.10 Å². The molecule has 0 saturated heterocycles. The van der Waals surface area contributed by atoms with Crippen LogP contribution < -0.4 is 4.74 Å². The highest BCUT2D eigenvalue weighted by molar-refractivity contribution is 9.10. The fraction of sp³-hybridized carbons (Fsp3) is 0.136. The molecule has 0 unspecified atom stereocenters. The van der Waals surface area contributed by atoms with E-state index in [1.54, 1.807) is 12.1 Å². The lowest BCUT2D eigenvalue weighted by molar-refractivity contribution is -0.0203. The average Bonchev–Trinajstić information content (AvgIpc) is 3.16. The fourth-order valence-corrected chi connectivity index (χ4v) is 4.63. The predicted octanol–water partition coefficient (Wildman–Crippen LogP) is 6.81. The quantitative estimate of drug-likeness (QED) is 0.393. The Balaban J connectivity index is 1.63. The summed E-state index contributed by atoms with van der Waals surface area (Å²) in [6, 6.07) is 19.0. The summed E-state index contributed by atoms with van der Waals surface area (Å²) < 4.78 is 8.19. The van der Waals surface area contributed by atoms with E-state index in [-0.39, 0.29) is 11.8 Å². The fourth-order valence-electron chi connectivity index (χ4n) is 3.80. The maximum Gasteiger partial charge on any atom is 0.217 e. The standard InChI is InChI=1S/C22H15Br2ClN2O2/c23-13-3-1-12(2-4-13)18-11-19-16-10-15(25)6-8-21(16)29-22(27(19)26-18)17-9-14(24)5-7-20(17)28/h1-10,19,22,28H,11H2/t19-,22+/m1/s1. The van der Waals surface area contributed by atoms with E-state index in [9.17, 15) is 5.11 Å². The first-order valence-corrected chi connectivity index (χ1v) is 11.0. The van der Waals surface area contributed by atoms with Crippen LogP contribution in [0.5, 0.6) is 11.5 Å². The van der Waals surface area contributed by atoms with Crippen LogP contribution in [0.2, 0.25) is 5.02 Å². The van der Waals surface area contributed by atoms with Crippen molar-refractivity contribution in [1.82, 2.24) is 5.01 Å². The lowest BCUT2D eigenvalue weighted by Gasteiger charge is -2.38. The highest BCUT2D eigenvalue weighted by atomic mass is 79.9. The first-order valence-electron chi connectivity index (χ1n) is 9.06. The number of benzene rings is 3. The molecule has 2 aliphatic rings. The molecule has 29 heavy (non-hydrogen) atoms. The molecule has 0 spiro atoms. The van der Waals surface area contributed by atoms with Crippen molar-refractivity contribution in [2.75, 3.05) is 0 Å². The van der Waals surface area contributed by atoms with Gasteiger partial charge in [0, 0.05) is 26.0 Å². The van der Waals surface area contributed by atoms with Crippen LogP contribution in [-0.2, 0) is 0 Å². The molecule has 0 radical (unpaired) electrons. The number of nitrogens with zero attached hydrogens (tertiary/aromatic N) is 2. The number of fused-ring (bicyclic) bond motifs is 3. The topological polar surface area (TPSA) is 45.1 Å². The molecule has 146 valence electrons. The second kappa shape index (κ2) is 7.35. The lowest BCUT2D eigenvalue weighted by atomic mass is 9.96. The molecule has 4 nitrogen and oxygen atoms in total. The normalized spacial score (nSPS) is 20.0. The monoisotopic (exact) mass is 532 g/mol. The molecule has 1 N–H and O–H groups in total. The van der Waals surface area contributed by atoms with Gasteiger partial charge in [0.1, 0.15) is 11.5 Å². The summed E-state index contributed by atoms with van der Waals surface area (Å²) in [6.07, 6.45) is 0.183. The summed E-state index contributed by atoms with van der Waals surface area (Å²) in [5, 5.41) is 18.0. The minimum absolute atomic E-state index is 0.0283. The molecule has 0 bridgehead atoms. The van der Waals surface area contributed by atoms with Crippen LogP contribution in [0.15, 0.2) is 74.7 Å². The lowest BCUT2D eigenvalue weighted by Crippen LogP contribution is -2.33. The summed E-state index contributed by atoms with van der Waals surface area (Å²) in [6.45, 7) is 0. The van der Waals surface area contributed by atoms with Crippen LogP contribution >= 0.6 is 43.5 Å². The second-order valence-corrected chi connectivity index (χ2v) is 9.28. The number of aromatic hydroxyl groups is 1. The maximum atomic E-state index is 10.5. The summed E-state index contributed by atoms with van der Waals surface area (Å²) >= 11 is 13.2. The smallest absolute Gasteiger partial charge is 0.217 e. The van der Waals surface area contributed by atoms with Crippen LogP contribution in [0.4, 0.5) is 0 Å². The molecule has 0 aliphatic carbocycles. The predicted molar refractivity (Wildman–Crippen MR) is 121 cm³/mol.